The number of aromatic nitrogens is 1. The van der Waals surface area contributed by atoms with E-state index >= 15 is 0 Å². The molecule has 1 amide bonds. The zero-order valence-corrected chi connectivity index (χ0v) is 18.0. The van der Waals surface area contributed by atoms with Crippen molar-refractivity contribution < 1.29 is 18.0 Å². The summed E-state index contributed by atoms with van der Waals surface area (Å²) >= 11 is 0. The van der Waals surface area contributed by atoms with E-state index < -0.39 is 10.0 Å². The number of hydrogen-bond acceptors (Lipinski definition) is 4. The number of nitrogens with zero attached hydrogens (tertiary/aromatic N) is 1. The van der Waals surface area contributed by atoms with E-state index in [-0.39, 0.29) is 23.1 Å². The van der Waals surface area contributed by atoms with Crippen molar-refractivity contribution in [3.8, 4) is 0 Å². The molecule has 1 aliphatic heterocycles. The number of carbonyl (C=O) groups excluding carboxylic acids is 2. The van der Waals surface area contributed by atoms with E-state index in [9.17, 15) is 18.0 Å². The van der Waals surface area contributed by atoms with Gasteiger partial charge in [0, 0.05) is 37.3 Å². The molecule has 2 heterocycles. The summed E-state index contributed by atoms with van der Waals surface area (Å²) in [7, 11) is -3.46. The first-order chi connectivity index (χ1) is 14.4. The van der Waals surface area contributed by atoms with Gasteiger partial charge in [-0.25, -0.2) is 8.42 Å². The van der Waals surface area contributed by atoms with E-state index in [1.807, 2.05) is 0 Å². The molecule has 2 N–H and O–H groups in total. The minimum atomic E-state index is -3.46. The quantitative estimate of drug-likeness (QED) is 0.763. The standard InChI is InChI=1S/C22H27N3O4S/c1-15-20-18(6-5-7-19(20)26)24-21(15)22(27)23-14-16-8-10-17(11-9-16)30(28,29)25-12-3-2-4-13-25/h8-11,24H,2-7,12-14H2,1H3,(H,23,27). The van der Waals surface area contributed by atoms with Crippen molar-refractivity contribution in [1.82, 2.24) is 14.6 Å². The lowest BCUT2D eigenvalue weighted by molar-refractivity contribution is 0.0945. The highest BCUT2D eigenvalue weighted by Gasteiger charge is 2.27. The second-order valence-electron chi connectivity index (χ2n) is 8.05. The third kappa shape index (κ3) is 3.94. The molecule has 2 aromatic rings. The number of nitrogens with one attached hydrogen (secondary N) is 2. The predicted octanol–water partition coefficient (Wildman–Crippen LogP) is 2.95. The monoisotopic (exact) mass is 429 g/mol. The number of fused-ring (bicyclic) bond motifs is 1. The molecule has 0 atom stereocenters. The molecule has 0 saturated carbocycles. The number of aromatic amines is 1. The van der Waals surface area contributed by atoms with Gasteiger partial charge in [0.05, 0.1) is 4.90 Å². The number of piperidine rings is 1. The molecule has 1 fully saturated rings. The lowest BCUT2D eigenvalue weighted by Gasteiger charge is -2.25. The average Bonchev–Trinajstić information content (AvgIpc) is 3.11. The number of hydrogen-bond donors (Lipinski definition) is 2. The summed E-state index contributed by atoms with van der Waals surface area (Å²) in [6.45, 7) is 3.22. The molecule has 2 aliphatic rings. The van der Waals surface area contributed by atoms with Gasteiger partial charge in [0.15, 0.2) is 5.78 Å². The summed E-state index contributed by atoms with van der Waals surface area (Å²) in [6, 6.07) is 6.66. The van der Waals surface area contributed by atoms with Gasteiger partial charge in [-0.1, -0.05) is 18.6 Å². The Kier molecular flexibility index (Phi) is 5.79. The van der Waals surface area contributed by atoms with Crippen LogP contribution in [0.4, 0.5) is 0 Å². The molecule has 30 heavy (non-hydrogen) atoms. The molecular weight excluding hydrogens is 402 g/mol. The lowest BCUT2D eigenvalue weighted by Crippen LogP contribution is -2.35. The Morgan fingerprint density at radius 3 is 2.43 bits per heavy atom. The van der Waals surface area contributed by atoms with Crippen LogP contribution in [0.3, 0.4) is 0 Å². The normalized spacial score (nSPS) is 17.6. The first-order valence-electron chi connectivity index (χ1n) is 10.5. The molecule has 7 nitrogen and oxygen atoms in total. The fourth-order valence-electron chi connectivity index (χ4n) is 4.31. The van der Waals surface area contributed by atoms with E-state index in [1.165, 1.54) is 0 Å². The highest BCUT2D eigenvalue weighted by Crippen LogP contribution is 2.26. The average molecular weight is 430 g/mol. The maximum Gasteiger partial charge on any atom is 0.268 e. The van der Waals surface area contributed by atoms with Gasteiger partial charge in [0.25, 0.3) is 5.91 Å². The lowest BCUT2D eigenvalue weighted by atomic mass is 9.94. The van der Waals surface area contributed by atoms with Crippen LogP contribution in [0.15, 0.2) is 29.2 Å². The number of ketones is 1. The van der Waals surface area contributed by atoms with Crippen molar-refractivity contribution >= 4 is 21.7 Å². The zero-order chi connectivity index (χ0) is 21.3. The number of amides is 1. The van der Waals surface area contributed by atoms with Crippen LogP contribution < -0.4 is 5.32 Å². The van der Waals surface area contributed by atoms with Crippen LogP contribution >= 0.6 is 0 Å². The third-order valence-corrected chi connectivity index (χ3v) is 7.91. The molecule has 0 radical (unpaired) electrons. The maximum atomic E-state index is 12.7. The fourth-order valence-corrected chi connectivity index (χ4v) is 5.82. The van der Waals surface area contributed by atoms with Crippen molar-refractivity contribution in [2.75, 3.05) is 13.1 Å². The molecule has 1 aromatic heterocycles. The second-order valence-corrected chi connectivity index (χ2v) is 9.98. The highest BCUT2D eigenvalue weighted by atomic mass is 32.2. The van der Waals surface area contributed by atoms with E-state index in [1.54, 1.807) is 35.5 Å². The van der Waals surface area contributed by atoms with Crippen LogP contribution in [0.1, 0.15) is 69.8 Å². The van der Waals surface area contributed by atoms with Crippen LogP contribution in [0.2, 0.25) is 0 Å². The molecule has 0 bridgehead atoms. The van der Waals surface area contributed by atoms with Crippen molar-refractivity contribution in [2.24, 2.45) is 0 Å². The van der Waals surface area contributed by atoms with Crippen molar-refractivity contribution in [1.29, 1.82) is 0 Å². The number of carbonyl (C=O) groups is 2. The number of rotatable bonds is 5. The van der Waals surface area contributed by atoms with E-state index in [0.717, 1.165) is 43.4 Å². The highest BCUT2D eigenvalue weighted by molar-refractivity contribution is 7.89. The molecular formula is C22H27N3O4S. The van der Waals surface area contributed by atoms with Gasteiger partial charge < -0.3 is 10.3 Å². The van der Waals surface area contributed by atoms with Gasteiger partial charge in [-0.3, -0.25) is 9.59 Å². The largest absolute Gasteiger partial charge is 0.354 e. The van der Waals surface area contributed by atoms with Crippen LogP contribution in [-0.4, -0.2) is 42.5 Å². The van der Waals surface area contributed by atoms with Gasteiger partial charge in [-0.05, 0) is 55.9 Å². The van der Waals surface area contributed by atoms with Crippen molar-refractivity contribution in [3.05, 3.63) is 52.3 Å². The second kappa shape index (κ2) is 8.35. The van der Waals surface area contributed by atoms with E-state index in [2.05, 4.69) is 10.3 Å². The van der Waals surface area contributed by atoms with Crippen LogP contribution in [0.25, 0.3) is 0 Å². The minimum absolute atomic E-state index is 0.0922. The number of H-pyrrole nitrogens is 1. The summed E-state index contributed by atoms with van der Waals surface area (Å²) in [4.78, 5) is 28.2. The van der Waals surface area contributed by atoms with Gasteiger partial charge in [0.1, 0.15) is 5.69 Å². The number of aryl methyl sites for hydroxylation is 1. The first kappa shape index (κ1) is 20.8. The molecule has 1 aromatic carbocycles. The first-order valence-corrected chi connectivity index (χ1v) is 11.9. The summed E-state index contributed by atoms with van der Waals surface area (Å²) < 4.78 is 27.0. The fraction of sp³-hybridized carbons (Fsp3) is 0.455. The van der Waals surface area contributed by atoms with Gasteiger partial charge in [-0.15, -0.1) is 0 Å². The Labute approximate surface area is 176 Å². The summed E-state index contributed by atoms with van der Waals surface area (Å²) in [5.41, 5.74) is 3.46. The Balaban J connectivity index is 1.42. The molecule has 0 unspecified atom stereocenters. The Morgan fingerprint density at radius 2 is 1.77 bits per heavy atom. The molecule has 1 saturated heterocycles. The smallest absolute Gasteiger partial charge is 0.268 e. The SMILES string of the molecule is Cc1c(C(=O)NCc2ccc(S(=O)(=O)N3CCCCC3)cc2)[nH]c2c1C(=O)CCC2. The summed E-state index contributed by atoms with van der Waals surface area (Å²) in [5.74, 6) is -0.172. The summed E-state index contributed by atoms with van der Waals surface area (Å²) in [5, 5.41) is 2.86. The Hall–Kier alpha value is -2.45. The number of Topliss-reactive ketones (excluding diaryl/α,β-unsaturated/α-hetero) is 1. The van der Waals surface area contributed by atoms with E-state index in [0.29, 0.717) is 36.3 Å². The number of benzene rings is 1. The zero-order valence-electron chi connectivity index (χ0n) is 17.2. The summed E-state index contributed by atoms with van der Waals surface area (Å²) in [6.07, 6.45) is 4.98. The topological polar surface area (TPSA) is 99.3 Å². The van der Waals surface area contributed by atoms with Crippen LogP contribution in [-0.2, 0) is 23.0 Å². The number of sulfonamides is 1. The molecule has 160 valence electrons. The van der Waals surface area contributed by atoms with Gasteiger partial charge >= 0.3 is 0 Å². The van der Waals surface area contributed by atoms with Gasteiger partial charge in [-0.2, -0.15) is 4.31 Å². The predicted molar refractivity (Wildman–Crippen MR) is 113 cm³/mol. The third-order valence-electron chi connectivity index (χ3n) is 5.99. The Morgan fingerprint density at radius 1 is 1.07 bits per heavy atom. The Bertz CT molecular complexity index is 1060. The minimum Gasteiger partial charge on any atom is -0.354 e. The van der Waals surface area contributed by atoms with Gasteiger partial charge in [0.2, 0.25) is 10.0 Å². The molecule has 4 rings (SSSR count). The van der Waals surface area contributed by atoms with E-state index in [4.69, 9.17) is 0 Å². The van der Waals surface area contributed by atoms with Crippen molar-refractivity contribution in [2.45, 2.75) is 56.9 Å². The molecule has 8 heteroatoms. The maximum absolute atomic E-state index is 12.7. The van der Waals surface area contributed by atoms with Crippen LogP contribution in [0, 0.1) is 6.92 Å². The molecule has 1 aliphatic carbocycles. The van der Waals surface area contributed by atoms with Crippen molar-refractivity contribution in [3.63, 3.8) is 0 Å². The van der Waals surface area contributed by atoms with Crippen LogP contribution in [0.5, 0.6) is 0 Å². The molecule has 0 spiro atoms.